The van der Waals surface area contributed by atoms with Gasteiger partial charge in [0.05, 0.1) is 25.9 Å². The van der Waals surface area contributed by atoms with E-state index in [4.69, 9.17) is 9.47 Å². The molecule has 1 aliphatic carbocycles. The van der Waals surface area contributed by atoms with Crippen LogP contribution < -0.4 is 10.1 Å². The lowest BCUT2D eigenvalue weighted by atomic mass is 9.97. The van der Waals surface area contributed by atoms with E-state index in [1.54, 1.807) is 7.11 Å². The maximum atomic E-state index is 6.17. The molecule has 0 aliphatic heterocycles. The molecule has 0 heterocycles. The number of ether oxygens (including phenoxy) is 2. The van der Waals surface area contributed by atoms with E-state index in [-0.39, 0.29) is 6.04 Å². The van der Waals surface area contributed by atoms with Gasteiger partial charge in [0.1, 0.15) is 5.75 Å². The van der Waals surface area contributed by atoms with Crippen molar-refractivity contribution < 1.29 is 9.47 Å². The second-order valence-corrected chi connectivity index (χ2v) is 5.88. The Hall–Kier alpha value is -1.06. The number of nitrogens with one attached hydrogen (secondary N) is 1. The third-order valence-corrected chi connectivity index (χ3v) is 4.19. The average Bonchev–Trinajstić information content (AvgIpc) is 2.56. The van der Waals surface area contributed by atoms with Gasteiger partial charge in [-0.15, -0.1) is 0 Å². The van der Waals surface area contributed by atoms with Gasteiger partial charge in [0.25, 0.3) is 0 Å². The van der Waals surface area contributed by atoms with Crippen molar-refractivity contribution >= 4 is 0 Å². The summed E-state index contributed by atoms with van der Waals surface area (Å²) in [4.78, 5) is 0. The summed E-state index contributed by atoms with van der Waals surface area (Å²) >= 11 is 0. The van der Waals surface area contributed by atoms with Crippen molar-refractivity contribution in [2.75, 3.05) is 20.3 Å². The van der Waals surface area contributed by atoms with E-state index in [0.717, 1.165) is 25.3 Å². The summed E-state index contributed by atoms with van der Waals surface area (Å²) in [6.07, 6.45) is 8.03. The van der Waals surface area contributed by atoms with Crippen molar-refractivity contribution in [1.82, 2.24) is 5.32 Å². The van der Waals surface area contributed by atoms with Gasteiger partial charge in [-0.1, -0.05) is 38.3 Å². The van der Waals surface area contributed by atoms with Gasteiger partial charge in [-0.25, -0.2) is 0 Å². The zero-order valence-electron chi connectivity index (χ0n) is 13.4. The molecule has 1 saturated carbocycles. The van der Waals surface area contributed by atoms with E-state index < -0.39 is 0 Å². The van der Waals surface area contributed by atoms with Crippen LogP contribution >= 0.6 is 0 Å². The summed E-state index contributed by atoms with van der Waals surface area (Å²) in [5, 5.41) is 3.60. The first-order chi connectivity index (χ1) is 10.3. The predicted molar refractivity (Wildman–Crippen MR) is 86.9 cm³/mol. The molecule has 1 fully saturated rings. The lowest BCUT2D eigenvalue weighted by molar-refractivity contribution is 0.0155. The molecular weight excluding hydrogens is 262 g/mol. The molecule has 1 aromatic carbocycles. The molecule has 0 aromatic heterocycles. The fraction of sp³-hybridized carbons (Fsp3) is 0.667. The van der Waals surface area contributed by atoms with E-state index in [1.807, 2.05) is 6.07 Å². The summed E-state index contributed by atoms with van der Waals surface area (Å²) in [5.74, 6) is 0.911. The van der Waals surface area contributed by atoms with Crippen LogP contribution in [-0.4, -0.2) is 26.4 Å². The molecule has 21 heavy (non-hydrogen) atoms. The second kappa shape index (κ2) is 9.06. The molecule has 0 bridgehead atoms. The number of hydrogen-bond donors (Lipinski definition) is 1. The molecular formula is C18H29NO2. The van der Waals surface area contributed by atoms with Crippen molar-refractivity contribution in [3.63, 3.8) is 0 Å². The third-order valence-electron chi connectivity index (χ3n) is 4.19. The highest BCUT2D eigenvalue weighted by molar-refractivity contribution is 5.30. The molecule has 3 nitrogen and oxygen atoms in total. The molecule has 3 heteroatoms. The van der Waals surface area contributed by atoms with Gasteiger partial charge in [-0.2, -0.15) is 0 Å². The number of benzene rings is 1. The quantitative estimate of drug-likeness (QED) is 0.782. The molecule has 1 atom stereocenters. The van der Waals surface area contributed by atoms with Crippen LogP contribution in [0.5, 0.6) is 5.75 Å². The van der Waals surface area contributed by atoms with Crippen LogP contribution in [0, 0.1) is 0 Å². The van der Waals surface area contributed by atoms with Crippen LogP contribution in [0.1, 0.15) is 57.1 Å². The Morgan fingerprint density at radius 2 is 2.05 bits per heavy atom. The Morgan fingerprint density at radius 1 is 1.24 bits per heavy atom. The minimum atomic E-state index is 0.252. The van der Waals surface area contributed by atoms with Crippen molar-refractivity contribution in [2.45, 2.75) is 57.6 Å². The Balaban J connectivity index is 1.95. The predicted octanol–water partition coefficient (Wildman–Crippen LogP) is 4.09. The highest BCUT2D eigenvalue weighted by atomic mass is 16.5. The van der Waals surface area contributed by atoms with Gasteiger partial charge < -0.3 is 14.8 Å². The van der Waals surface area contributed by atoms with Gasteiger partial charge in [0.15, 0.2) is 0 Å². The Labute approximate surface area is 129 Å². The van der Waals surface area contributed by atoms with E-state index >= 15 is 0 Å². The van der Waals surface area contributed by atoms with Crippen LogP contribution in [0.2, 0.25) is 0 Å². The summed E-state index contributed by atoms with van der Waals surface area (Å²) in [7, 11) is 1.71. The molecule has 1 N–H and O–H groups in total. The van der Waals surface area contributed by atoms with Crippen LogP contribution in [0.15, 0.2) is 24.3 Å². The molecule has 118 valence electrons. The first kappa shape index (κ1) is 16.3. The van der Waals surface area contributed by atoms with Gasteiger partial charge in [0, 0.05) is 0 Å². The van der Waals surface area contributed by atoms with Crippen molar-refractivity contribution in [2.24, 2.45) is 0 Å². The highest BCUT2D eigenvalue weighted by Crippen LogP contribution is 2.24. The monoisotopic (exact) mass is 291 g/mol. The normalized spacial score (nSPS) is 17.6. The number of hydrogen-bond acceptors (Lipinski definition) is 3. The largest absolute Gasteiger partial charge is 0.497 e. The standard InChI is InChI=1S/C18H29NO2/c1-3-12-19-18(14-21-16-9-5-4-6-10-16)15-8-7-11-17(13-15)20-2/h7-8,11,13,16,18-19H,3-6,9-10,12,14H2,1-2H3. The Morgan fingerprint density at radius 3 is 2.76 bits per heavy atom. The maximum Gasteiger partial charge on any atom is 0.119 e. The van der Waals surface area contributed by atoms with Crippen LogP contribution in [0.3, 0.4) is 0 Å². The molecule has 1 aromatic rings. The minimum Gasteiger partial charge on any atom is -0.497 e. The van der Waals surface area contributed by atoms with E-state index in [2.05, 4.69) is 30.4 Å². The summed E-state index contributed by atoms with van der Waals surface area (Å²) in [6.45, 7) is 3.95. The van der Waals surface area contributed by atoms with Crippen molar-refractivity contribution in [1.29, 1.82) is 0 Å². The topological polar surface area (TPSA) is 30.5 Å². The fourth-order valence-corrected chi connectivity index (χ4v) is 2.91. The lowest BCUT2D eigenvalue weighted by Crippen LogP contribution is -2.29. The molecule has 1 unspecified atom stereocenters. The zero-order valence-corrected chi connectivity index (χ0v) is 13.4. The van der Waals surface area contributed by atoms with Gasteiger partial charge in [0.2, 0.25) is 0 Å². The minimum absolute atomic E-state index is 0.252. The number of rotatable bonds is 8. The molecule has 0 saturated heterocycles. The van der Waals surface area contributed by atoms with Gasteiger partial charge >= 0.3 is 0 Å². The molecule has 2 rings (SSSR count). The molecule has 0 spiro atoms. The van der Waals surface area contributed by atoms with E-state index in [1.165, 1.54) is 37.7 Å². The average molecular weight is 291 g/mol. The lowest BCUT2D eigenvalue weighted by Gasteiger charge is -2.26. The van der Waals surface area contributed by atoms with Crippen LogP contribution in [0.4, 0.5) is 0 Å². The SMILES string of the molecule is CCCNC(COC1CCCCC1)c1cccc(OC)c1. The highest BCUT2D eigenvalue weighted by Gasteiger charge is 2.17. The number of methoxy groups -OCH3 is 1. The van der Waals surface area contributed by atoms with Gasteiger partial charge in [-0.05, 0) is 43.5 Å². The molecule has 0 amide bonds. The van der Waals surface area contributed by atoms with Gasteiger partial charge in [-0.3, -0.25) is 0 Å². The maximum absolute atomic E-state index is 6.17. The first-order valence-electron chi connectivity index (χ1n) is 8.32. The fourth-order valence-electron chi connectivity index (χ4n) is 2.91. The van der Waals surface area contributed by atoms with E-state index in [9.17, 15) is 0 Å². The van der Waals surface area contributed by atoms with Crippen molar-refractivity contribution in [3.8, 4) is 5.75 Å². The second-order valence-electron chi connectivity index (χ2n) is 5.88. The van der Waals surface area contributed by atoms with E-state index in [0.29, 0.717) is 6.10 Å². The molecule has 0 radical (unpaired) electrons. The van der Waals surface area contributed by atoms with Crippen LogP contribution in [0.25, 0.3) is 0 Å². The smallest absolute Gasteiger partial charge is 0.119 e. The third kappa shape index (κ3) is 5.33. The van der Waals surface area contributed by atoms with Crippen molar-refractivity contribution in [3.05, 3.63) is 29.8 Å². The Bertz CT molecular complexity index is 402. The zero-order chi connectivity index (χ0) is 14.9. The summed E-state index contributed by atoms with van der Waals surface area (Å²) < 4.78 is 11.5. The van der Waals surface area contributed by atoms with Crippen LogP contribution in [-0.2, 0) is 4.74 Å². The Kier molecular flexibility index (Phi) is 7.04. The summed E-state index contributed by atoms with van der Waals surface area (Å²) in [6, 6.07) is 8.55. The molecule has 1 aliphatic rings. The first-order valence-corrected chi connectivity index (χ1v) is 8.32. The summed E-state index contributed by atoms with van der Waals surface area (Å²) in [5.41, 5.74) is 1.25.